The number of likely N-dealkylation sites (N-methyl/N-ethyl adjacent to an activating group) is 2. The zero-order valence-electron chi connectivity index (χ0n) is 21.3. The van der Waals surface area contributed by atoms with Gasteiger partial charge in [-0.15, -0.1) is 0 Å². The number of likely N-dealkylation sites (tertiary alicyclic amines) is 1. The molecule has 37 heavy (non-hydrogen) atoms. The molecule has 1 saturated heterocycles. The molecular formula is C27H29F2N7O. The third-order valence-electron chi connectivity index (χ3n) is 7.67. The molecule has 0 saturated carbocycles. The number of carbonyl (C=O) groups excluding carboxylic acids is 1. The van der Waals surface area contributed by atoms with E-state index in [0.717, 1.165) is 42.4 Å². The number of fused-ring (bicyclic) bond motifs is 2. The fourth-order valence-corrected chi connectivity index (χ4v) is 5.65. The fourth-order valence-electron chi connectivity index (χ4n) is 5.65. The van der Waals surface area contributed by atoms with E-state index in [4.69, 9.17) is 4.98 Å². The van der Waals surface area contributed by atoms with Crippen LogP contribution in [0.15, 0.2) is 36.7 Å². The maximum Gasteiger partial charge on any atom is 0.265 e. The first kappa shape index (κ1) is 23.7. The van der Waals surface area contributed by atoms with Gasteiger partial charge in [0.05, 0.1) is 35.3 Å². The second-order valence-corrected chi connectivity index (χ2v) is 10.1. The van der Waals surface area contributed by atoms with Gasteiger partial charge in [-0.2, -0.15) is 5.10 Å². The highest BCUT2D eigenvalue weighted by Crippen LogP contribution is 2.41. The highest BCUT2D eigenvalue weighted by Gasteiger charge is 2.39. The number of alkyl halides is 2. The molecule has 5 heterocycles. The molecule has 2 aliphatic heterocycles. The van der Waals surface area contributed by atoms with Crippen molar-refractivity contribution in [3.05, 3.63) is 53.7 Å². The van der Waals surface area contributed by atoms with E-state index in [0.29, 0.717) is 23.0 Å². The van der Waals surface area contributed by atoms with Gasteiger partial charge < -0.3 is 14.4 Å². The number of pyridine rings is 1. The number of hydrogen-bond acceptors (Lipinski definition) is 5. The molecule has 1 amide bonds. The Morgan fingerprint density at radius 2 is 1.92 bits per heavy atom. The summed E-state index contributed by atoms with van der Waals surface area (Å²) in [6.07, 6.45) is 0.536. The lowest BCUT2D eigenvalue weighted by Gasteiger charge is -2.39. The summed E-state index contributed by atoms with van der Waals surface area (Å²) in [5.74, 6) is 1.17. The Morgan fingerprint density at radius 3 is 2.59 bits per heavy atom. The minimum Gasteiger partial charge on any atom is -0.338 e. The monoisotopic (exact) mass is 505 g/mol. The summed E-state index contributed by atoms with van der Waals surface area (Å²) in [6, 6.07) is 6.80. The van der Waals surface area contributed by atoms with Gasteiger partial charge in [-0.1, -0.05) is 19.1 Å². The van der Waals surface area contributed by atoms with Crippen LogP contribution < -0.4 is 0 Å². The molecule has 2 aliphatic rings. The summed E-state index contributed by atoms with van der Waals surface area (Å²) in [7, 11) is 3.54. The van der Waals surface area contributed by atoms with Gasteiger partial charge in [0, 0.05) is 61.4 Å². The van der Waals surface area contributed by atoms with Crippen LogP contribution in [-0.2, 0) is 18.4 Å². The maximum absolute atomic E-state index is 14.3. The molecule has 0 unspecified atom stereocenters. The minimum absolute atomic E-state index is 0.0463. The van der Waals surface area contributed by atoms with E-state index in [1.54, 1.807) is 42.1 Å². The average molecular weight is 506 g/mol. The number of amides is 1. The van der Waals surface area contributed by atoms with Crippen molar-refractivity contribution in [2.75, 3.05) is 26.7 Å². The molecule has 0 aliphatic carbocycles. The molecule has 0 bridgehead atoms. The Balaban J connectivity index is 1.56. The van der Waals surface area contributed by atoms with Crippen LogP contribution >= 0.6 is 0 Å². The van der Waals surface area contributed by atoms with E-state index in [1.807, 2.05) is 25.1 Å². The third kappa shape index (κ3) is 3.73. The van der Waals surface area contributed by atoms with Crippen LogP contribution in [0.1, 0.15) is 49.3 Å². The van der Waals surface area contributed by atoms with Gasteiger partial charge >= 0.3 is 0 Å². The van der Waals surface area contributed by atoms with Gasteiger partial charge in [0.2, 0.25) is 5.91 Å². The molecule has 6 rings (SSSR count). The van der Waals surface area contributed by atoms with Crippen molar-refractivity contribution < 1.29 is 13.6 Å². The third-order valence-corrected chi connectivity index (χ3v) is 7.67. The Labute approximate surface area is 213 Å². The molecular weight excluding hydrogens is 476 g/mol. The highest BCUT2D eigenvalue weighted by molar-refractivity contribution is 5.96. The standard InChI is InChI=1S/C27H29F2N7O/c1-5-35-12-17(13-35)26-32-24(22-14-33(3)27(37)15(2)36(22)26)18-7-6-8-21-19(18)9-20(25(28)29)23(31-21)16-10-30-34(4)11-16/h6-11,15,17,25H,5,12-14H2,1-4H3/t15-/m0/s1. The van der Waals surface area contributed by atoms with E-state index < -0.39 is 6.43 Å². The maximum atomic E-state index is 14.3. The quantitative estimate of drug-likeness (QED) is 0.402. The van der Waals surface area contributed by atoms with Gasteiger partial charge in [0.1, 0.15) is 11.9 Å². The lowest BCUT2D eigenvalue weighted by molar-refractivity contribution is -0.135. The predicted octanol–water partition coefficient (Wildman–Crippen LogP) is 4.39. The molecule has 1 atom stereocenters. The van der Waals surface area contributed by atoms with Crippen LogP contribution in [0.2, 0.25) is 0 Å². The highest BCUT2D eigenvalue weighted by atomic mass is 19.3. The first-order valence-corrected chi connectivity index (χ1v) is 12.6. The molecule has 192 valence electrons. The first-order valence-electron chi connectivity index (χ1n) is 12.6. The number of rotatable bonds is 5. The largest absolute Gasteiger partial charge is 0.338 e. The van der Waals surface area contributed by atoms with Crippen LogP contribution in [0.5, 0.6) is 0 Å². The molecule has 3 aromatic heterocycles. The van der Waals surface area contributed by atoms with E-state index in [9.17, 15) is 13.6 Å². The lowest BCUT2D eigenvalue weighted by atomic mass is 9.98. The number of imidazole rings is 1. The second kappa shape index (κ2) is 8.72. The van der Waals surface area contributed by atoms with Crippen LogP contribution in [-0.4, -0.2) is 66.7 Å². The molecule has 0 spiro atoms. The topological polar surface area (TPSA) is 72.1 Å². The Hall–Kier alpha value is -3.66. The number of benzene rings is 1. The molecule has 4 aromatic rings. The zero-order chi connectivity index (χ0) is 26.0. The van der Waals surface area contributed by atoms with Crippen molar-refractivity contribution in [3.63, 3.8) is 0 Å². The molecule has 1 aromatic carbocycles. The minimum atomic E-state index is -2.70. The van der Waals surface area contributed by atoms with Crippen LogP contribution in [0.25, 0.3) is 33.4 Å². The van der Waals surface area contributed by atoms with Crippen molar-refractivity contribution in [3.8, 4) is 22.5 Å². The SMILES string of the molecule is CCN1CC(c2nc(-c3cccc4nc(-c5cnn(C)c5)c(C(F)F)cc34)c3n2[C@@H](C)C(=O)N(C)C3)C1. The molecule has 1 fully saturated rings. The summed E-state index contributed by atoms with van der Waals surface area (Å²) >= 11 is 0. The summed E-state index contributed by atoms with van der Waals surface area (Å²) in [6.45, 7) is 7.21. The van der Waals surface area contributed by atoms with Crippen LogP contribution in [0, 0.1) is 0 Å². The van der Waals surface area contributed by atoms with Crippen molar-refractivity contribution in [2.45, 2.75) is 38.8 Å². The van der Waals surface area contributed by atoms with Crippen molar-refractivity contribution in [1.82, 2.24) is 34.1 Å². The second-order valence-electron chi connectivity index (χ2n) is 10.1. The summed E-state index contributed by atoms with van der Waals surface area (Å²) in [5, 5.41) is 4.75. The van der Waals surface area contributed by atoms with E-state index in [1.165, 1.54) is 0 Å². The first-order chi connectivity index (χ1) is 17.8. The van der Waals surface area contributed by atoms with Gasteiger partial charge in [0.15, 0.2) is 0 Å². The fraction of sp³-hybridized carbons (Fsp3) is 0.407. The van der Waals surface area contributed by atoms with Crippen molar-refractivity contribution in [2.24, 2.45) is 7.05 Å². The summed E-state index contributed by atoms with van der Waals surface area (Å²) in [5.41, 5.74) is 3.67. The molecule has 8 nitrogen and oxygen atoms in total. The Bertz CT molecular complexity index is 1520. The van der Waals surface area contributed by atoms with Gasteiger partial charge in [-0.05, 0) is 25.6 Å². The predicted molar refractivity (Wildman–Crippen MR) is 136 cm³/mol. The lowest BCUT2D eigenvalue weighted by Crippen LogP contribution is -2.47. The van der Waals surface area contributed by atoms with Gasteiger partial charge in [0.25, 0.3) is 6.43 Å². The number of carbonyl (C=O) groups is 1. The van der Waals surface area contributed by atoms with E-state index in [-0.39, 0.29) is 29.1 Å². The number of aryl methyl sites for hydroxylation is 1. The van der Waals surface area contributed by atoms with E-state index in [2.05, 4.69) is 26.5 Å². The molecule has 0 N–H and O–H groups in total. The average Bonchev–Trinajstić information content (AvgIpc) is 3.44. The molecule has 0 radical (unpaired) electrons. The van der Waals surface area contributed by atoms with E-state index >= 15 is 0 Å². The van der Waals surface area contributed by atoms with Crippen LogP contribution in [0.4, 0.5) is 8.78 Å². The Morgan fingerprint density at radius 1 is 1.14 bits per heavy atom. The normalized spacial score (nSPS) is 18.6. The number of halogens is 2. The van der Waals surface area contributed by atoms with Gasteiger partial charge in [-0.3, -0.25) is 9.48 Å². The number of nitrogens with zero attached hydrogens (tertiary/aromatic N) is 7. The smallest absolute Gasteiger partial charge is 0.265 e. The summed E-state index contributed by atoms with van der Waals surface area (Å²) in [4.78, 5) is 26.7. The summed E-state index contributed by atoms with van der Waals surface area (Å²) < 4.78 is 32.3. The van der Waals surface area contributed by atoms with Crippen LogP contribution in [0.3, 0.4) is 0 Å². The van der Waals surface area contributed by atoms with Crippen molar-refractivity contribution >= 4 is 16.8 Å². The zero-order valence-corrected chi connectivity index (χ0v) is 21.3. The van der Waals surface area contributed by atoms with Gasteiger partial charge in [-0.25, -0.2) is 18.7 Å². The molecule has 10 heteroatoms. The number of hydrogen-bond donors (Lipinski definition) is 0. The number of aromatic nitrogens is 5. The van der Waals surface area contributed by atoms with Crippen molar-refractivity contribution in [1.29, 1.82) is 0 Å². The Kier molecular flexibility index (Phi) is 5.59.